The zero-order valence-corrected chi connectivity index (χ0v) is 16.9. The summed E-state index contributed by atoms with van der Waals surface area (Å²) >= 11 is 0. The van der Waals surface area contributed by atoms with E-state index in [0.29, 0.717) is 11.1 Å². The van der Waals surface area contributed by atoms with Gasteiger partial charge in [-0.1, -0.05) is 23.7 Å². The lowest BCUT2D eigenvalue weighted by Crippen LogP contribution is -2.58. The summed E-state index contributed by atoms with van der Waals surface area (Å²) in [5, 5.41) is 77.6. The summed E-state index contributed by atoms with van der Waals surface area (Å²) in [7, 11) is 0. The van der Waals surface area contributed by atoms with Crippen LogP contribution in [-0.2, 0) is 9.47 Å². The van der Waals surface area contributed by atoms with Gasteiger partial charge in [0.15, 0.2) is 0 Å². The van der Waals surface area contributed by atoms with Gasteiger partial charge in [0.1, 0.15) is 61.0 Å². The molecule has 2 aliphatic heterocycles. The lowest BCUT2D eigenvalue weighted by atomic mass is 9.95. The second-order valence-corrected chi connectivity index (χ2v) is 7.61. The van der Waals surface area contributed by atoms with Crippen molar-refractivity contribution in [1.82, 2.24) is 0 Å². The minimum Gasteiger partial charge on any atom is -0.394 e. The van der Waals surface area contributed by atoms with Crippen molar-refractivity contribution in [3.8, 4) is 23.7 Å². The standard InChI is InChI=1S/C22H26O10/c23-9-15-19(27)21(29)17(25)13(31-15)7-5-11-1-2-12(4-3-11)6-8-14-18(26)22(30)20(28)16(10-24)32-14/h1-4,13-30H,9-10H2/t13-,14-,15-,16-,17+,18+,19-,20-,21-,22-/m1/s1. The molecular weight excluding hydrogens is 424 g/mol. The summed E-state index contributed by atoms with van der Waals surface area (Å²) in [5.41, 5.74) is 1.08. The van der Waals surface area contributed by atoms with Crippen molar-refractivity contribution in [2.75, 3.05) is 13.2 Å². The number of hydrogen-bond donors (Lipinski definition) is 8. The molecule has 1 aromatic carbocycles. The van der Waals surface area contributed by atoms with Crippen LogP contribution in [0, 0.1) is 23.7 Å². The van der Waals surface area contributed by atoms with Crippen LogP contribution in [0.15, 0.2) is 24.3 Å². The van der Waals surface area contributed by atoms with Crippen molar-refractivity contribution in [2.45, 2.75) is 61.0 Å². The molecule has 2 heterocycles. The first kappa shape index (κ1) is 24.6. The zero-order chi connectivity index (χ0) is 23.4. The molecule has 2 fully saturated rings. The number of hydrogen-bond acceptors (Lipinski definition) is 10. The van der Waals surface area contributed by atoms with E-state index >= 15 is 0 Å². The van der Waals surface area contributed by atoms with E-state index in [1.807, 2.05) is 0 Å². The number of benzene rings is 1. The van der Waals surface area contributed by atoms with Gasteiger partial charge in [-0.2, -0.15) is 0 Å². The van der Waals surface area contributed by atoms with Crippen LogP contribution in [0.3, 0.4) is 0 Å². The summed E-state index contributed by atoms with van der Waals surface area (Å²) < 4.78 is 10.7. The van der Waals surface area contributed by atoms with Crippen molar-refractivity contribution in [3.05, 3.63) is 35.4 Å². The van der Waals surface area contributed by atoms with Gasteiger partial charge in [0.2, 0.25) is 0 Å². The predicted octanol–water partition coefficient (Wildman–Crippen LogP) is -3.93. The molecule has 3 rings (SSSR count). The number of aliphatic hydroxyl groups is 8. The van der Waals surface area contributed by atoms with Gasteiger partial charge >= 0.3 is 0 Å². The molecule has 2 aliphatic rings. The van der Waals surface area contributed by atoms with Gasteiger partial charge in [-0.3, -0.25) is 0 Å². The van der Waals surface area contributed by atoms with E-state index in [1.165, 1.54) is 0 Å². The second kappa shape index (κ2) is 10.7. The highest BCUT2D eigenvalue weighted by atomic mass is 16.5. The number of ether oxygens (including phenoxy) is 2. The monoisotopic (exact) mass is 450 g/mol. The maximum atomic E-state index is 10.0. The van der Waals surface area contributed by atoms with E-state index in [0.717, 1.165) is 0 Å². The van der Waals surface area contributed by atoms with Crippen molar-refractivity contribution in [3.63, 3.8) is 0 Å². The molecule has 0 radical (unpaired) electrons. The minimum atomic E-state index is -1.50. The Bertz CT molecular complexity index is 805. The van der Waals surface area contributed by atoms with Crippen LogP contribution in [0.5, 0.6) is 0 Å². The Morgan fingerprint density at radius 1 is 0.562 bits per heavy atom. The molecule has 0 unspecified atom stereocenters. The fourth-order valence-corrected chi connectivity index (χ4v) is 3.39. The number of aliphatic hydroxyl groups excluding tert-OH is 8. The molecule has 32 heavy (non-hydrogen) atoms. The van der Waals surface area contributed by atoms with Crippen LogP contribution >= 0.6 is 0 Å². The zero-order valence-electron chi connectivity index (χ0n) is 16.9. The molecule has 0 aliphatic carbocycles. The molecule has 8 N–H and O–H groups in total. The molecular formula is C22H26O10. The van der Waals surface area contributed by atoms with E-state index in [-0.39, 0.29) is 0 Å². The summed E-state index contributed by atoms with van der Waals surface area (Å²) in [5.74, 6) is 10.9. The SMILES string of the molecule is OC[C@H]1O[C@H](C#Cc2ccc(C#C[C@H]3O[C@H](CO)[C@@H](O)[C@H](O)[C@H]3O)cc2)[C@H](O)[C@@H](O)[C@@H]1O. The maximum absolute atomic E-state index is 10.0. The smallest absolute Gasteiger partial charge is 0.147 e. The van der Waals surface area contributed by atoms with Crippen LogP contribution in [0.1, 0.15) is 11.1 Å². The van der Waals surface area contributed by atoms with E-state index in [1.54, 1.807) is 24.3 Å². The third-order valence-electron chi connectivity index (χ3n) is 5.39. The molecule has 0 saturated carbocycles. The molecule has 0 aromatic heterocycles. The summed E-state index contributed by atoms with van der Waals surface area (Å²) in [4.78, 5) is 0. The Morgan fingerprint density at radius 3 is 1.22 bits per heavy atom. The van der Waals surface area contributed by atoms with E-state index in [2.05, 4.69) is 23.7 Å². The fourth-order valence-electron chi connectivity index (χ4n) is 3.39. The van der Waals surface area contributed by atoms with E-state index in [4.69, 9.17) is 9.47 Å². The van der Waals surface area contributed by atoms with Gasteiger partial charge in [-0.25, -0.2) is 0 Å². The van der Waals surface area contributed by atoms with Crippen LogP contribution in [0.2, 0.25) is 0 Å². The lowest BCUT2D eigenvalue weighted by molar-refractivity contribution is -0.214. The second-order valence-electron chi connectivity index (χ2n) is 7.61. The topological polar surface area (TPSA) is 180 Å². The summed E-state index contributed by atoms with van der Waals surface area (Å²) in [6.07, 6.45) is -13.1. The molecule has 1 aromatic rings. The normalized spacial score (nSPS) is 39.4. The van der Waals surface area contributed by atoms with Gasteiger partial charge < -0.3 is 50.3 Å². The van der Waals surface area contributed by atoms with E-state index < -0.39 is 74.3 Å². The summed E-state index contributed by atoms with van der Waals surface area (Å²) in [6.45, 7) is -1.07. The molecule has 174 valence electrons. The minimum absolute atomic E-state index is 0.537. The predicted molar refractivity (Wildman–Crippen MR) is 108 cm³/mol. The van der Waals surface area contributed by atoms with Gasteiger partial charge in [0.25, 0.3) is 0 Å². The Labute approximate surface area is 184 Å². The molecule has 0 amide bonds. The van der Waals surface area contributed by atoms with Crippen LogP contribution in [0.25, 0.3) is 0 Å². The number of rotatable bonds is 2. The largest absolute Gasteiger partial charge is 0.394 e. The molecule has 0 bridgehead atoms. The highest BCUT2D eigenvalue weighted by Crippen LogP contribution is 2.22. The first-order chi connectivity index (χ1) is 15.3. The first-order valence-electron chi connectivity index (χ1n) is 10.0. The van der Waals surface area contributed by atoms with Crippen molar-refractivity contribution in [1.29, 1.82) is 0 Å². The molecule has 2 saturated heterocycles. The summed E-state index contributed by atoms with van der Waals surface area (Å²) in [6, 6.07) is 6.53. The average molecular weight is 450 g/mol. The van der Waals surface area contributed by atoms with Crippen LogP contribution in [-0.4, -0.2) is 115 Å². The van der Waals surface area contributed by atoms with Gasteiger partial charge in [-0.05, 0) is 24.3 Å². The Kier molecular flexibility index (Phi) is 8.22. The first-order valence-corrected chi connectivity index (χ1v) is 10.0. The third-order valence-corrected chi connectivity index (χ3v) is 5.39. The Morgan fingerprint density at radius 2 is 0.906 bits per heavy atom. The van der Waals surface area contributed by atoms with Crippen molar-refractivity contribution >= 4 is 0 Å². The van der Waals surface area contributed by atoms with Gasteiger partial charge in [-0.15, -0.1) is 0 Å². The Balaban J connectivity index is 1.67. The van der Waals surface area contributed by atoms with E-state index in [9.17, 15) is 40.9 Å². The van der Waals surface area contributed by atoms with Crippen LogP contribution < -0.4 is 0 Å². The quantitative estimate of drug-likeness (QED) is 0.207. The molecule has 0 spiro atoms. The van der Waals surface area contributed by atoms with Crippen molar-refractivity contribution in [2.24, 2.45) is 0 Å². The van der Waals surface area contributed by atoms with Crippen molar-refractivity contribution < 1.29 is 50.3 Å². The maximum Gasteiger partial charge on any atom is 0.147 e. The fraction of sp³-hybridized carbons (Fsp3) is 0.545. The van der Waals surface area contributed by atoms with Gasteiger partial charge in [0.05, 0.1) is 13.2 Å². The highest BCUT2D eigenvalue weighted by molar-refractivity contribution is 5.43. The molecule has 10 heteroatoms. The lowest BCUT2D eigenvalue weighted by Gasteiger charge is -2.37. The average Bonchev–Trinajstić information content (AvgIpc) is 2.81. The molecule has 10 nitrogen and oxygen atoms in total. The third kappa shape index (κ3) is 5.29. The molecule has 10 atom stereocenters. The van der Waals surface area contributed by atoms with Gasteiger partial charge in [0, 0.05) is 11.1 Å². The Hall–Kier alpha value is -2.06. The highest BCUT2D eigenvalue weighted by Gasteiger charge is 2.43. The van der Waals surface area contributed by atoms with Crippen LogP contribution in [0.4, 0.5) is 0 Å².